The zero-order valence-corrected chi connectivity index (χ0v) is 35.7. The Morgan fingerprint density at radius 2 is 1.26 bits per heavy atom. The minimum atomic E-state index is -0.346. The van der Waals surface area contributed by atoms with Gasteiger partial charge in [-0.15, -0.1) is 0 Å². The molecule has 0 fully saturated rings. The van der Waals surface area contributed by atoms with E-state index in [2.05, 4.69) is 153 Å². The van der Waals surface area contributed by atoms with E-state index in [1.807, 2.05) is 36.7 Å². The van der Waals surface area contributed by atoms with Gasteiger partial charge < -0.3 is 33.8 Å². The zero-order valence-electron chi connectivity index (χ0n) is 33.6. The average molecular weight is 862 g/mol. The molecule has 0 radical (unpaired) electrons. The Morgan fingerprint density at radius 1 is 0.684 bits per heavy atom. The number of hydrogen-bond donors (Lipinski definition) is 0. The maximum atomic E-state index is 15.1. The summed E-state index contributed by atoms with van der Waals surface area (Å²) >= 11 is 0. The van der Waals surface area contributed by atoms with Crippen molar-refractivity contribution in [3.63, 3.8) is 0 Å². The second-order valence-corrected chi connectivity index (χ2v) is 16.2. The van der Waals surface area contributed by atoms with Gasteiger partial charge in [-0.3, -0.25) is 14.8 Å². The van der Waals surface area contributed by atoms with Crippen LogP contribution in [0.4, 0.5) is 11.4 Å². The monoisotopic (exact) mass is 861 g/mol. The number of carbonyl (C=O) groups excluding carboxylic acids is 1. The van der Waals surface area contributed by atoms with E-state index in [0.717, 1.165) is 52.7 Å². The third-order valence-corrected chi connectivity index (χ3v) is 12.2. The van der Waals surface area contributed by atoms with Crippen LogP contribution in [0.1, 0.15) is 64.1 Å². The lowest BCUT2D eigenvalue weighted by atomic mass is 9.75. The minimum Gasteiger partial charge on any atom is -1.00 e. The third-order valence-electron chi connectivity index (χ3n) is 12.2. The van der Waals surface area contributed by atoms with Gasteiger partial charge in [0.1, 0.15) is 6.54 Å². The van der Waals surface area contributed by atoms with Crippen molar-refractivity contribution in [3.05, 3.63) is 179 Å². The number of hydrogen-bond acceptors (Lipinski definition) is 5. The topological polar surface area (TPSA) is 52.3 Å². The van der Waals surface area contributed by atoms with E-state index in [4.69, 9.17) is 9.97 Å². The van der Waals surface area contributed by atoms with Crippen LogP contribution in [0.15, 0.2) is 156 Å². The summed E-state index contributed by atoms with van der Waals surface area (Å²) in [6.07, 6.45) is 8.07. The number of pyridine rings is 2. The Labute approximate surface area is 353 Å². The summed E-state index contributed by atoms with van der Waals surface area (Å²) in [5.41, 5.74) is 10.8. The van der Waals surface area contributed by atoms with Gasteiger partial charge in [0.05, 0.1) is 41.2 Å². The molecule has 0 saturated carbocycles. The van der Waals surface area contributed by atoms with Crippen molar-refractivity contribution in [2.24, 2.45) is 0 Å². The van der Waals surface area contributed by atoms with Crippen LogP contribution in [-0.2, 0) is 28.7 Å². The van der Waals surface area contributed by atoms with Gasteiger partial charge in [0.25, 0.3) is 0 Å². The first-order chi connectivity index (χ1) is 27.1. The number of allylic oxidation sites excluding steroid dienone is 5. The molecule has 1 aliphatic carbocycles. The molecule has 2 aromatic heterocycles. The number of halogens is 1. The highest BCUT2D eigenvalue weighted by molar-refractivity contribution is 6.25. The maximum absolute atomic E-state index is 15.1. The molecule has 2 aliphatic heterocycles. The number of Topliss-reactive ketones (excluding diaryl/α,β-unsaturated/α-hetero) is 1. The average Bonchev–Trinajstić information content (AvgIpc) is 3.58. The Balaban J connectivity index is 0.00000455. The van der Waals surface area contributed by atoms with Gasteiger partial charge in [-0.1, -0.05) is 80.6 Å². The molecule has 4 heterocycles. The van der Waals surface area contributed by atoms with E-state index in [1.165, 1.54) is 44.0 Å². The second kappa shape index (κ2) is 14.8. The summed E-state index contributed by atoms with van der Waals surface area (Å²) in [5.74, 6) is 0.0624. The van der Waals surface area contributed by atoms with Crippen LogP contribution < -0.4 is 28.9 Å². The van der Waals surface area contributed by atoms with Gasteiger partial charge in [0.15, 0.2) is 11.5 Å². The van der Waals surface area contributed by atoms with E-state index in [-0.39, 0.29) is 40.6 Å². The van der Waals surface area contributed by atoms with Crippen LogP contribution in [-0.4, -0.2) is 44.0 Å². The number of anilines is 1. The van der Waals surface area contributed by atoms with Crippen molar-refractivity contribution in [2.75, 3.05) is 18.0 Å². The predicted molar refractivity (Wildman–Crippen MR) is 228 cm³/mol. The Bertz CT molecular complexity index is 2650. The number of aromatic nitrogens is 2. The molecule has 286 valence electrons. The summed E-state index contributed by atoms with van der Waals surface area (Å²) in [6.45, 7) is 16.2. The van der Waals surface area contributed by atoms with Crippen molar-refractivity contribution in [1.29, 1.82) is 0 Å². The summed E-state index contributed by atoms with van der Waals surface area (Å²) in [5, 5.41) is 4.96. The van der Waals surface area contributed by atoms with Gasteiger partial charge >= 0.3 is 0 Å². The molecule has 6 nitrogen and oxygen atoms in total. The third kappa shape index (κ3) is 6.22. The van der Waals surface area contributed by atoms with Crippen molar-refractivity contribution in [1.82, 2.24) is 14.9 Å². The summed E-state index contributed by atoms with van der Waals surface area (Å²) in [4.78, 5) is 29.3. The first-order valence-corrected chi connectivity index (χ1v) is 19.9. The first-order valence-electron chi connectivity index (χ1n) is 19.9. The highest BCUT2D eigenvalue weighted by Crippen LogP contribution is 2.52. The number of benzene rings is 4. The van der Waals surface area contributed by atoms with Gasteiger partial charge in [0, 0.05) is 59.0 Å². The minimum absolute atomic E-state index is 0. The molecule has 7 heteroatoms. The lowest BCUT2D eigenvalue weighted by Gasteiger charge is -2.36. The van der Waals surface area contributed by atoms with Gasteiger partial charge in [0.2, 0.25) is 5.69 Å². The molecule has 0 N–H and O–H groups in total. The molecule has 0 spiro atoms. The van der Waals surface area contributed by atoms with Gasteiger partial charge in [-0.2, -0.15) is 4.58 Å². The molecule has 9 rings (SSSR count). The number of nitrogens with zero attached hydrogens (tertiary/aromatic N) is 5. The van der Waals surface area contributed by atoms with Gasteiger partial charge in [-0.05, 0) is 97.3 Å². The molecule has 6 aromatic rings. The standard InChI is InChI=1S/C50H48N5O.HI/c1-7-54-41-25-23-33-17-9-11-21-37(33)45(41)49(3,4)43(54)29-39-47(53(31-35-19-13-15-27-51-35)32-36-20-14-16-28-52-36)40(48(39)56)30-44-50(5,6)46-38-22-12-10-18-34(38)24-26-42(46)55(44)8-2;/h9-30H,7-8,31-32H2,1-6H3;1H/q+1;/p-1. The molecule has 0 atom stereocenters. The molecule has 57 heavy (non-hydrogen) atoms. The summed E-state index contributed by atoms with van der Waals surface area (Å²) in [7, 11) is 0. The predicted octanol–water partition coefficient (Wildman–Crippen LogP) is 7.35. The van der Waals surface area contributed by atoms with Crippen LogP contribution >= 0.6 is 0 Å². The molecular weight excluding hydrogens is 813 g/mol. The smallest absolute Gasteiger partial charge is 0.210 e. The number of likely N-dealkylation sites (N-methyl/N-ethyl adjacent to an activating group) is 1. The lowest BCUT2D eigenvalue weighted by Crippen LogP contribution is -3.00. The number of ketones is 1. The van der Waals surface area contributed by atoms with Crippen LogP contribution in [0.25, 0.3) is 21.5 Å². The summed E-state index contributed by atoms with van der Waals surface area (Å²) < 4.78 is 2.40. The van der Waals surface area contributed by atoms with E-state index in [0.29, 0.717) is 13.1 Å². The van der Waals surface area contributed by atoms with Crippen LogP contribution in [0.2, 0.25) is 0 Å². The fourth-order valence-electron chi connectivity index (χ4n) is 9.59. The van der Waals surface area contributed by atoms with Crippen LogP contribution in [0.5, 0.6) is 0 Å². The highest BCUT2D eigenvalue weighted by Gasteiger charge is 2.48. The lowest BCUT2D eigenvalue weighted by molar-refractivity contribution is -0.433. The second-order valence-electron chi connectivity index (χ2n) is 16.2. The molecule has 3 aliphatic rings. The van der Waals surface area contributed by atoms with E-state index >= 15 is 4.79 Å². The van der Waals surface area contributed by atoms with Gasteiger partial charge in [-0.25, -0.2) is 0 Å². The Kier molecular flexibility index (Phi) is 10.0. The first kappa shape index (κ1) is 38.5. The molecular formula is C50H48IN5O. The molecule has 0 bridgehead atoms. The summed E-state index contributed by atoms with van der Waals surface area (Å²) in [6, 6.07) is 38.3. The molecule has 0 amide bonds. The largest absolute Gasteiger partial charge is 1.00 e. The van der Waals surface area contributed by atoms with E-state index < -0.39 is 0 Å². The van der Waals surface area contributed by atoms with E-state index in [1.54, 1.807) is 0 Å². The molecule has 0 saturated heterocycles. The maximum Gasteiger partial charge on any atom is 0.210 e. The zero-order chi connectivity index (χ0) is 38.8. The number of fused-ring (bicyclic) bond motifs is 6. The Morgan fingerprint density at radius 3 is 1.84 bits per heavy atom. The fraction of sp³-hybridized carbons (Fsp3) is 0.240. The highest BCUT2D eigenvalue weighted by atomic mass is 127. The van der Waals surface area contributed by atoms with E-state index in [9.17, 15) is 0 Å². The van der Waals surface area contributed by atoms with Crippen molar-refractivity contribution < 1.29 is 33.3 Å². The molecule has 0 unspecified atom stereocenters. The normalized spacial score (nSPS) is 18.0. The number of rotatable bonds is 9. The van der Waals surface area contributed by atoms with Crippen molar-refractivity contribution in [3.8, 4) is 0 Å². The molecule has 4 aromatic carbocycles. The van der Waals surface area contributed by atoms with Crippen molar-refractivity contribution in [2.45, 2.75) is 65.5 Å². The van der Waals surface area contributed by atoms with Crippen LogP contribution in [0, 0.1) is 0 Å². The van der Waals surface area contributed by atoms with Crippen LogP contribution in [0.3, 0.4) is 0 Å². The fourth-order valence-corrected chi connectivity index (χ4v) is 9.59. The quantitative estimate of drug-likeness (QED) is 0.0866. The SMILES string of the molecule is CCN1C(=CC2=C(N(Cc3ccccn3)Cc3ccccn3)C(=CC3=[N+](CC)c4ccc5ccccc5c4C3(C)C)C2=O)C(C)(C)c2c1ccc1ccccc21.[I-]. The number of carbonyl (C=O) groups is 1. The Hall–Kier alpha value is -5.41. The van der Waals surface area contributed by atoms with Crippen molar-refractivity contribution >= 4 is 44.4 Å².